The molecule has 8 nitrogen and oxygen atoms in total. The SMILES string of the molecule is Cc1noc(C)c1S(=O)(=O)NC1(C(=O)NC2CCNC2)CCCC1. The van der Waals surface area contributed by atoms with Crippen LogP contribution in [0.2, 0.25) is 0 Å². The van der Waals surface area contributed by atoms with Gasteiger partial charge in [0.05, 0.1) is 0 Å². The Bertz CT molecular complexity index is 696. The van der Waals surface area contributed by atoms with Crippen molar-refractivity contribution in [2.24, 2.45) is 0 Å². The van der Waals surface area contributed by atoms with Crippen molar-refractivity contribution >= 4 is 15.9 Å². The molecule has 1 saturated heterocycles. The van der Waals surface area contributed by atoms with Gasteiger partial charge in [0.15, 0.2) is 5.76 Å². The summed E-state index contributed by atoms with van der Waals surface area (Å²) in [5, 5.41) is 9.89. The van der Waals surface area contributed by atoms with Gasteiger partial charge in [-0.1, -0.05) is 18.0 Å². The zero-order chi connectivity index (χ0) is 17.4. The number of aryl methyl sites for hydroxylation is 2. The lowest BCUT2D eigenvalue weighted by atomic mass is 9.97. The van der Waals surface area contributed by atoms with E-state index in [1.54, 1.807) is 13.8 Å². The number of aromatic nitrogens is 1. The number of amides is 1. The van der Waals surface area contributed by atoms with Crippen molar-refractivity contribution in [2.75, 3.05) is 13.1 Å². The molecule has 1 aliphatic carbocycles. The van der Waals surface area contributed by atoms with E-state index >= 15 is 0 Å². The van der Waals surface area contributed by atoms with Crippen molar-refractivity contribution in [3.8, 4) is 0 Å². The Labute approximate surface area is 141 Å². The smallest absolute Gasteiger partial charge is 0.246 e. The third-order valence-corrected chi connectivity index (χ3v) is 6.63. The number of sulfonamides is 1. The zero-order valence-corrected chi connectivity index (χ0v) is 14.8. The molecule has 0 spiro atoms. The van der Waals surface area contributed by atoms with Gasteiger partial charge in [-0.15, -0.1) is 0 Å². The third kappa shape index (κ3) is 3.20. The van der Waals surface area contributed by atoms with E-state index in [0.29, 0.717) is 18.5 Å². The number of rotatable bonds is 5. The second-order valence-electron chi connectivity index (χ2n) is 6.71. The minimum Gasteiger partial charge on any atom is -0.360 e. The summed E-state index contributed by atoms with van der Waals surface area (Å²) in [7, 11) is -3.88. The molecule has 9 heteroatoms. The molecule has 2 fully saturated rings. The monoisotopic (exact) mass is 356 g/mol. The highest BCUT2D eigenvalue weighted by Gasteiger charge is 2.46. The van der Waals surface area contributed by atoms with Gasteiger partial charge in [0.1, 0.15) is 16.1 Å². The summed E-state index contributed by atoms with van der Waals surface area (Å²) in [4.78, 5) is 12.9. The summed E-state index contributed by atoms with van der Waals surface area (Å²) < 4.78 is 33.3. The van der Waals surface area contributed by atoms with Gasteiger partial charge in [0.2, 0.25) is 15.9 Å². The molecule has 1 atom stereocenters. The zero-order valence-electron chi connectivity index (χ0n) is 14.0. The number of carbonyl (C=O) groups is 1. The van der Waals surface area contributed by atoms with Gasteiger partial charge in [-0.25, -0.2) is 8.42 Å². The second kappa shape index (κ2) is 6.45. The Balaban J connectivity index is 1.84. The third-order valence-electron chi connectivity index (χ3n) is 4.85. The van der Waals surface area contributed by atoms with E-state index < -0.39 is 15.6 Å². The molecule has 2 heterocycles. The van der Waals surface area contributed by atoms with Gasteiger partial charge in [-0.2, -0.15) is 4.72 Å². The maximum Gasteiger partial charge on any atom is 0.246 e. The lowest BCUT2D eigenvalue weighted by Crippen LogP contribution is -2.59. The van der Waals surface area contributed by atoms with Crippen molar-refractivity contribution in [2.45, 2.75) is 62.4 Å². The Morgan fingerprint density at radius 1 is 1.33 bits per heavy atom. The molecular weight excluding hydrogens is 332 g/mol. The van der Waals surface area contributed by atoms with Crippen LogP contribution in [0.1, 0.15) is 43.6 Å². The topological polar surface area (TPSA) is 113 Å². The molecule has 1 aromatic heterocycles. The first-order chi connectivity index (χ1) is 11.3. The van der Waals surface area contributed by atoms with E-state index in [-0.39, 0.29) is 22.6 Å². The van der Waals surface area contributed by atoms with E-state index in [2.05, 4.69) is 20.5 Å². The van der Waals surface area contributed by atoms with Gasteiger partial charge < -0.3 is 15.2 Å². The molecule has 24 heavy (non-hydrogen) atoms. The van der Waals surface area contributed by atoms with Crippen LogP contribution in [0.5, 0.6) is 0 Å². The van der Waals surface area contributed by atoms with E-state index in [1.807, 2.05) is 0 Å². The second-order valence-corrected chi connectivity index (χ2v) is 8.33. The van der Waals surface area contributed by atoms with Crippen molar-refractivity contribution < 1.29 is 17.7 Å². The average molecular weight is 356 g/mol. The first-order valence-electron chi connectivity index (χ1n) is 8.33. The molecule has 3 N–H and O–H groups in total. The number of nitrogens with zero attached hydrogens (tertiary/aromatic N) is 1. The predicted octanol–water partition coefficient (Wildman–Crippen LogP) is 0.361. The maximum absolute atomic E-state index is 12.8. The fraction of sp³-hybridized carbons (Fsp3) is 0.733. The molecule has 1 aliphatic heterocycles. The van der Waals surface area contributed by atoms with Crippen LogP contribution in [0, 0.1) is 13.8 Å². The number of hydrogen-bond donors (Lipinski definition) is 3. The maximum atomic E-state index is 12.8. The first kappa shape index (κ1) is 17.4. The normalized spacial score (nSPS) is 23.5. The fourth-order valence-electron chi connectivity index (χ4n) is 3.62. The summed E-state index contributed by atoms with van der Waals surface area (Å²) in [6.45, 7) is 4.72. The lowest BCUT2D eigenvalue weighted by molar-refractivity contribution is -0.127. The Morgan fingerprint density at radius 2 is 2.04 bits per heavy atom. The lowest BCUT2D eigenvalue weighted by Gasteiger charge is -2.30. The molecule has 2 aliphatic rings. The summed E-state index contributed by atoms with van der Waals surface area (Å²) in [6.07, 6.45) is 3.50. The van der Waals surface area contributed by atoms with Crippen LogP contribution in [-0.2, 0) is 14.8 Å². The summed E-state index contributed by atoms with van der Waals surface area (Å²) in [5.74, 6) is -0.00224. The van der Waals surface area contributed by atoms with E-state index in [0.717, 1.165) is 32.4 Å². The quantitative estimate of drug-likeness (QED) is 0.702. The van der Waals surface area contributed by atoms with Crippen LogP contribution in [0.25, 0.3) is 0 Å². The van der Waals surface area contributed by atoms with Crippen LogP contribution in [-0.4, -0.2) is 44.2 Å². The van der Waals surface area contributed by atoms with Gasteiger partial charge in [-0.05, 0) is 39.7 Å². The van der Waals surface area contributed by atoms with Crippen molar-refractivity contribution in [1.29, 1.82) is 0 Å². The van der Waals surface area contributed by atoms with Crippen molar-refractivity contribution in [3.05, 3.63) is 11.5 Å². The van der Waals surface area contributed by atoms with Gasteiger partial charge in [0, 0.05) is 12.6 Å². The van der Waals surface area contributed by atoms with E-state index in [9.17, 15) is 13.2 Å². The van der Waals surface area contributed by atoms with Gasteiger partial charge >= 0.3 is 0 Å². The molecule has 3 rings (SSSR count). The van der Waals surface area contributed by atoms with Crippen molar-refractivity contribution in [1.82, 2.24) is 20.5 Å². The van der Waals surface area contributed by atoms with Crippen LogP contribution in [0.15, 0.2) is 9.42 Å². The molecule has 134 valence electrons. The standard InChI is InChI=1S/C15H24N4O4S/c1-10-13(11(2)23-18-10)24(21,22)19-15(6-3-4-7-15)14(20)17-12-5-8-16-9-12/h12,16,19H,3-9H2,1-2H3,(H,17,20). The Kier molecular flexibility index (Phi) is 4.67. The molecule has 1 aromatic rings. The van der Waals surface area contributed by atoms with Crippen LogP contribution in [0.3, 0.4) is 0 Å². The number of hydrogen-bond acceptors (Lipinski definition) is 6. The molecule has 1 unspecified atom stereocenters. The average Bonchev–Trinajstić information content (AvgIpc) is 3.22. The number of nitrogens with one attached hydrogen (secondary N) is 3. The highest BCUT2D eigenvalue weighted by Crippen LogP contribution is 2.33. The van der Waals surface area contributed by atoms with E-state index in [1.165, 1.54) is 0 Å². The molecule has 0 radical (unpaired) electrons. The van der Waals surface area contributed by atoms with Crippen LogP contribution in [0.4, 0.5) is 0 Å². The minimum atomic E-state index is -3.88. The summed E-state index contributed by atoms with van der Waals surface area (Å²) in [6, 6.07) is 0.0542. The first-order valence-corrected chi connectivity index (χ1v) is 9.81. The molecule has 0 bridgehead atoms. The van der Waals surface area contributed by atoms with Crippen molar-refractivity contribution in [3.63, 3.8) is 0 Å². The molecular formula is C15H24N4O4S. The minimum absolute atomic E-state index is 0.0316. The molecule has 1 amide bonds. The molecule has 1 saturated carbocycles. The largest absolute Gasteiger partial charge is 0.360 e. The Morgan fingerprint density at radius 3 is 2.58 bits per heavy atom. The molecule has 0 aromatic carbocycles. The van der Waals surface area contributed by atoms with Gasteiger partial charge in [-0.3, -0.25) is 4.79 Å². The number of carbonyl (C=O) groups excluding carboxylic acids is 1. The Hall–Kier alpha value is -1.45. The van der Waals surface area contributed by atoms with Crippen LogP contribution < -0.4 is 15.4 Å². The fourth-order valence-corrected chi connectivity index (χ4v) is 5.38. The van der Waals surface area contributed by atoms with Gasteiger partial charge in [0.25, 0.3) is 0 Å². The predicted molar refractivity (Wildman–Crippen MR) is 86.9 cm³/mol. The summed E-state index contributed by atoms with van der Waals surface area (Å²) >= 11 is 0. The highest BCUT2D eigenvalue weighted by atomic mass is 32.2. The van der Waals surface area contributed by atoms with E-state index in [4.69, 9.17) is 4.52 Å². The van der Waals surface area contributed by atoms with Crippen LogP contribution >= 0.6 is 0 Å². The highest BCUT2D eigenvalue weighted by molar-refractivity contribution is 7.89. The summed E-state index contributed by atoms with van der Waals surface area (Å²) in [5.41, 5.74) is -0.786.